The average Bonchev–Trinajstić information content (AvgIpc) is 3.89. The van der Waals surface area contributed by atoms with Crippen LogP contribution in [0.5, 0.6) is 0 Å². The number of pyridine rings is 1. The standard InChI is InChI=1S/C27H31N7O3S2/c1-39(37)21-4-2-3-20(30-21)31-26-33-29-14-34(26)16-7-8-19-17(11-16)22(24(36)28-13-15-5-6-15)25(38-19)32-23(35)18-12-27(18)9-10-27/h2-4,14-16,18H,5-13H2,1H3,(H,28,36)(H,32,35)(H,30,31,33)/t16-,18?,39?/m0/s1. The minimum absolute atomic E-state index is 0.0322. The molecule has 204 valence electrons. The van der Waals surface area contributed by atoms with Gasteiger partial charge in [-0.15, -0.1) is 21.5 Å². The summed E-state index contributed by atoms with van der Waals surface area (Å²) in [5.41, 5.74) is 1.90. The molecule has 4 aliphatic rings. The highest BCUT2D eigenvalue weighted by Gasteiger charge is 2.65. The summed E-state index contributed by atoms with van der Waals surface area (Å²) in [5.74, 6) is 1.72. The molecule has 0 bridgehead atoms. The van der Waals surface area contributed by atoms with Crippen LogP contribution in [0.4, 0.5) is 16.8 Å². The normalized spacial score (nSPS) is 23.1. The molecule has 3 atom stereocenters. The Hall–Kier alpha value is -3.12. The Morgan fingerprint density at radius 1 is 1.23 bits per heavy atom. The van der Waals surface area contributed by atoms with Crippen molar-refractivity contribution in [2.45, 2.75) is 62.4 Å². The van der Waals surface area contributed by atoms with Gasteiger partial charge < -0.3 is 16.0 Å². The van der Waals surface area contributed by atoms with Crippen molar-refractivity contribution >= 4 is 50.7 Å². The van der Waals surface area contributed by atoms with E-state index in [0.717, 1.165) is 55.4 Å². The predicted octanol–water partition coefficient (Wildman–Crippen LogP) is 3.82. The van der Waals surface area contributed by atoms with E-state index in [1.807, 2.05) is 4.57 Å². The third-order valence-corrected chi connectivity index (χ3v) is 10.6. The van der Waals surface area contributed by atoms with Gasteiger partial charge in [0.1, 0.15) is 22.2 Å². The summed E-state index contributed by atoms with van der Waals surface area (Å²) in [4.78, 5) is 32.1. The fourth-order valence-electron chi connectivity index (χ4n) is 5.77. The summed E-state index contributed by atoms with van der Waals surface area (Å²) < 4.78 is 13.9. The van der Waals surface area contributed by atoms with Crippen molar-refractivity contribution in [2.75, 3.05) is 23.4 Å². The lowest BCUT2D eigenvalue weighted by Gasteiger charge is -2.25. The number of carbonyl (C=O) groups is 2. The summed E-state index contributed by atoms with van der Waals surface area (Å²) in [7, 11) is -1.19. The Morgan fingerprint density at radius 3 is 2.82 bits per heavy atom. The number of rotatable bonds is 9. The summed E-state index contributed by atoms with van der Waals surface area (Å²) in [6.45, 7) is 0.681. The van der Waals surface area contributed by atoms with Crippen LogP contribution in [-0.4, -0.2) is 48.6 Å². The highest BCUT2D eigenvalue weighted by atomic mass is 32.2. The maximum Gasteiger partial charge on any atom is 0.254 e. The van der Waals surface area contributed by atoms with E-state index in [4.69, 9.17) is 0 Å². The molecule has 3 fully saturated rings. The Morgan fingerprint density at radius 2 is 2.08 bits per heavy atom. The molecule has 3 heterocycles. The first-order valence-electron chi connectivity index (χ1n) is 13.6. The van der Waals surface area contributed by atoms with Gasteiger partial charge in [-0.2, -0.15) is 0 Å². The van der Waals surface area contributed by atoms with E-state index < -0.39 is 10.8 Å². The zero-order chi connectivity index (χ0) is 26.7. The number of amides is 2. The monoisotopic (exact) mass is 565 g/mol. The second kappa shape index (κ2) is 9.51. The van der Waals surface area contributed by atoms with E-state index in [1.165, 1.54) is 0 Å². The first kappa shape index (κ1) is 24.9. The molecule has 3 saturated carbocycles. The molecule has 2 unspecified atom stereocenters. The Kier molecular flexibility index (Phi) is 6.07. The molecule has 3 aromatic rings. The molecule has 0 aromatic carbocycles. The quantitative estimate of drug-likeness (QED) is 0.359. The lowest BCUT2D eigenvalue weighted by Crippen LogP contribution is -2.29. The average molecular weight is 566 g/mol. The molecule has 3 aromatic heterocycles. The van der Waals surface area contributed by atoms with Crippen molar-refractivity contribution in [3.05, 3.63) is 40.5 Å². The molecular weight excluding hydrogens is 534 g/mol. The van der Waals surface area contributed by atoms with Gasteiger partial charge in [-0.25, -0.2) is 4.98 Å². The maximum atomic E-state index is 13.5. The van der Waals surface area contributed by atoms with Gasteiger partial charge in [0.2, 0.25) is 11.9 Å². The molecular formula is C27H31N7O3S2. The summed E-state index contributed by atoms with van der Waals surface area (Å²) >= 11 is 1.56. The fourth-order valence-corrected chi connectivity index (χ4v) is 7.51. The highest BCUT2D eigenvalue weighted by molar-refractivity contribution is 7.84. The van der Waals surface area contributed by atoms with Crippen molar-refractivity contribution in [2.24, 2.45) is 17.3 Å². The van der Waals surface area contributed by atoms with Crippen LogP contribution in [0, 0.1) is 17.3 Å². The lowest BCUT2D eigenvalue weighted by molar-refractivity contribution is -0.117. The molecule has 1 spiro atoms. The van der Waals surface area contributed by atoms with E-state index in [9.17, 15) is 13.8 Å². The van der Waals surface area contributed by atoms with Crippen molar-refractivity contribution in [1.82, 2.24) is 25.1 Å². The van der Waals surface area contributed by atoms with Crippen molar-refractivity contribution < 1.29 is 13.8 Å². The van der Waals surface area contributed by atoms with Crippen LogP contribution in [0.3, 0.4) is 0 Å². The molecule has 7 rings (SSSR count). The van der Waals surface area contributed by atoms with Crippen LogP contribution in [0.2, 0.25) is 0 Å². The summed E-state index contributed by atoms with van der Waals surface area (Å²) in [6.07, 6.45) is 11.2. The van der Waals surface area contributed by atoms with E-state index in [2.05, 4.69) is 31.1 Å². The first-order chi connectivity index (χ1) is 18.9. The second-order valence-electron chi connectivity index (χ2n) is 11.4. The molecule has 10 nitrogen and oxygen atoms in total. The number of nitrogens with zero attached hydrogens (tertiary/aromatic N) is 4. The van der Waals surface area contributed by atoms with Crippen molar-refractivity contribution in [1.29, 1.82) is 0 Å². The maximum absolute atomic E-state index is 13.5. The predicted molar refractivity (Wildman–Crippen MR) is 149 cm³/mol. The molecule has 3 N–H and O–H groups in total. The summed E-state index contributed by atoms with van der Waals surface area (Å²) in [5, 5.41) is 19.1. The van der Waals surface area contributed by atoms with E-state index in [0.29, 0.717) is 46.2 Å². The van der Waals surface area contributed by atoms with Gasteiger partial charge in [0.05, 0.1) is 16.4 Å². The van der Waals surface area contributed by atoms with Crippen molar-refractivity contribution in [3.63, 3.8) is 0 Å². The minimum atomic E-state index is -1.19. The number of aryl methyl sites for hydroxylation is 1. The van der Waals surface area contributed by atoms with Crippen LogP contribution in [0.15, 0.2) is 29.6 Å². The molecule has 0 radical (unpaired) electrons. The van der Waals surface area contributed by atoms with Crippen LogP contribution >= 0.6 is 11.3 Å². The number of anilines is 3. The molecule has 0 aliphatic heterocycles. The third kappa shape index (κ3) is 4.88. The fraction of sp³-hybridized carbons (Fsp3) is 0.519. The highest BCUT2D eigenvalue weighted by Crippen LogP contribution is 2.70. The van der Waals surface area contributed by atoms with E-state index >= 15 is 0 Å². The van der Waals surface area contributed by atoms with E-state index in [-0.39, 0.29) is 29.2 Å². The number of hydrogen-bond donors (Lipinski definition) is 3. The van der Waals surface area contributed by atoms with Gasteiger partial charge in [-0.3, -0.25) is 18.4 Å². The van der Waals surface area contributed by atoms with Crippen LogP contribution in [-0.2, 0) is 28.4 Å². The summed E-state index contributed by atoms with van der Waals surface area (Å²) in [6, 6.07) is 5.37. The number of nitrogens with one attached hydrogen (secondary N) is 3. The number of fused-ring (bicyclic) bond motifs is 1. The van der Waals surface area contributed by atoms with Crippen LogP contribution in [0.25, 0.3) is 0 Å². The van der Waals surface area contributed by atoms with Gasteiger partial charge in [-0.05, 0) is 80.4 Å². The van der Waals surface area contributed by atoms with Gasteiger partial charge in [0.25, 0.3) is 5.91 Å². The second-order valence-corrected chi connectivity index (χ2v) is 13.8. The number of aromatic nitrogens is 4. The van der Waals surface area contributed by atoms with Crippen LogP contribution < -0.4 is 16.0 Å². The third-order valence-electron chi connectivity index (χ3n) is 8.57. The molecule has 39 heavy (non-hydrogen) atoms. The number of carbonyl (C=O) groups excluding carboxylic acids is 2. The zero-order valence-electron chi connectivity index (χ0n) is 21.7. The number of hydrogen-bond acceptors (Lipinski definition) is 8. The minimum Gasteiger partial charge on any atom is -0.352 e. The van der Waals surface area contributed by atoms with Gasteiger partial charge in [0, 0.05) is 29.6 Å². The Bertz CT molecular complexity index is 1490. The first-order valence-corrected chi connectivity index (χ1v) is 16.0. The Balaban J connectivity index is 1.14. The molecule has 4 aliphatic carbocycles. The number of thiophene rings is 1. The SMILES string of the molecule is CS(=O)c1cccc(Nc2nncn2[C@H]2CCc3sc(NC(=O)C4CC45CC5)c(C(=O)NCC4CC4)c3C2)n1. The lowest BCUT2D eigenvalue weighted by atomic mass is 9.91. The molecule has 2 amide bonds. The topological polar surface area (TPSA) is 131 Å². The van der Waals surface area contributed by atoms with Gasteiger partial charge in [0.15, 0.2) is 0 Å². The zero-order valence-corrected chi connectivity index (χ0v) is 23.4. The Labute approximate surface area is 232 Å². The van der Waals surface area contributed by atoms with Gasteiger partial charge >= 0.3 is 0 Å². The van der Waals surface area contributed by atoms with Crippen LogP contribution in [0.1, 0.15) is 65.4 Å². The van der Waals surface area contributed by atoms with Crippen molar-refractivity contribution in [3.8, 4) is 0 Å². The molecule has 12 heteroatoms. The smallest absolute Gasteiger partial charge is 0.254 e. The largest absolute Gasteiger partial charge is 0.352 e. The molecule has 0 saturated heterocycles. The van der Waals surface area contributed by atoms with Gasteiger partial charge in [-0.1, -0.05) is 6.07 Å². The van der Waals surface area contributed by atoms with E-state index in [1.54, 1.807) is 42.1 Å².